The summed E-state index contributed by atoms with van der Waals surface area (Å²) in [6, 6.07) is 4.20. The Morgan fingerprint density at radius 1 is 1.35 bits per heavy atom. The van der Waals surface area contributed by atoms with E-state index in [0.29, 0.717) is 28.9 Å². The number of halogens is 1. The highest BCUT2D eigenvalue weighted by Crippen LogP contribution is 2.19. The van der Waals surface area contributed by atoms with Crippen LogP contribution in [0.15, 0.2) is 34.9 Å². The summed E-state index contributed by atoms with van der Waals surface area (Å²) >= 11 is 0. The maximum absolute atomic E-state index is 13.3. The van der Waals surface area contributed by atoms with Gasteiger partial charge in [0, 0.05) is 6.42 Å². The molecule has 0 aliphatic heterocycles. The van der Waals surface area contributed by atoms with Crippen molar-refractivity contribution in [3.8, 4) is 0 Å². The molecule has 0 saturated carbocycles. The summed E-state index contributed by atoms with van der Waals surface area (Å²) in [5, 5.41) is 11.8. The fourth-order valence-electron chi connectivity index (χ4n) is 2.31. The van der Waals surface area contributed by atoms with Crippen LogP contribution in [0.2, 0.25) is 0 Å². The number of carbonyl (C=O) groups is 2. The molecule has 2 rings (SSSR count). The van der Waals surface area contributed by atoms with Crippen molar-refractivity contribution in [2.45, 2.75) is 32.7 Å². The standard InChI is InChI=1S/C17H18FNO4/c1-3-4-14-12(7-8-23-14)16(20)19-15(17(21)22)11-5-6-13(18)10(2)9-11/h5-9,15H,3-4H2,1-2H3,(H,19,20)(H,21,22). The number of rotatable bonds is 6. The zero-order chi connectivity index (χ0) is 17.0. The Bertz CT molecular complexity index is 723. The Labute approximate surface area is 133 Å². The first-order valence-corrected chi connectivity index (χ1v) is 7.30. The lowest BCUT2D eigenvalue weighted by Crippen LogP contribution is -2.34. The number of carbonyl (C=O) groups excluding carboxylic acids is 1. The van der Waals surface area contributed by atoms with E-state index in [9.17, 15) is 19.1 Å². The molecule has 0 radical (unpaired) electrons. The van der Waals surface area contributed by atoms with Crippen LogP contribution < -0.4 is 5.32 Å². The molecule has 122 valence electrons. The van der Waals surface area contributed by atoms with Crippen LogP contribution in [0.4, 0.5) is 4.39 Å². The summed E-state index contributed by atoms with van der Waals surface area (Å²) in [4.78, 5) is 23.8. The monoisotopic (exact) mass is 319 g/mol. The number of carboxylic acid groups (broad SMARTS) is 1. The summed E-state index contributed by atoms with van der Waals surface area (Å²) in [6.07, 6.45) is 2.79. The van der Waals surface area contributed by atoms with Gasteiger partial charge in [-0.25, -0.2) is 9.18 Å². The summed E-state index contributed by atoms with van der Waals surface area (Å²) in [7, 11) is 0. The predicted molar refractivity (Wildman–Crippen MR) is 81.7 cm³/mol. The van der Waals surface area contributed by atoms with Crippen molar-refractivity contribution in [1.29, 1.82) is 0 Å². The third-order valence-electron chi connectivity index (χ3n) is 3.50. The van der Waals surface area contributed by atoms with Gasteiger partial charge in [0.1, 0.15) is 11.6 Å². The average Bonchev–Trinajstić information content (AvgIpc) is 2.96. The lowest BCUT2D eigenvalue weighted by atomic mass is 10.0. The number of hydrogen-bond acceptors (Lipinski definition) is 3. The number of aryl methyl sites for hydroxylation is 2. The maximum atomic E-state index is 13.3. The lowest BCUT2D eigenvalue weighted by Gasteiger charge is -2.15. The minimum Gasteiger partial charge on any atom is -0.479 e. The van der Waals surface area contributed by atoms with Crippen molar-refractivity contribution >= 4 is 11.9 Å². The first-order valence-electron chi connectivity index (χ1n) is 7.30. The van der Waals surface area contributed by atoms with Crippen molar-refractivity contribution in [2.24, 2.45) is 0 Å². The number of nitrogens with one attached hydrogen (secondary N) is 1. The van der Waals surface area contributed by atoms with Gasteiger partial charge in [0.05, 0.1) is 11.8 Å². The molecule has 1 aromatic heterocycles. The molecule has 0 aliphatic carbocycles. The fourth-order valence-corrected chi connectivity index (χ4v) is 2.31. The molecule has 5 nitrogen and oxygen atoms in total. The Morgan fingerprint density at radius 3 is 2.70 bits per heavy atom. The average molecular weight is 319 g/mol. The minimum absolute atomic E-state index is 0.310. The SMILES string of the molecule is CCCc1occc1C(=O)NC(C(=O)O)c1ccc(F)c(C)c1. The Balaban J connectivity index is 2.25. The maximum Gasteiger partial charge on any atom is 0.330 e. The van der Waals surface area contributed by atoms with Gasteiger partial charge in [0.25, 0.3) is 5.91 Å². The zero-order valence-corrected chi connectivity index (χ0v) is 12.9. The van der Waals surface area contributed by atoms with Crippen LogP contribution in [0, 0.1) is 12.7 Å². The van der Waals surface area contributed by atoms with E-state index in [1.807, 2.05) is 6.92 Å². The number of carboxylic acids is 1. The molecule has 1 atom stereocenters. The van der Waals surface area contributed by atoms with E-state index in [1.54, 1.807) is 0 Å². The van der Waals surface area contributed by atoms with Crippen molar-refractivity contribution in [3.05, 3.63) is 58.8 Å². The van der Waals surface area contributed by atoms with Gasteiger partial charge < -0.3 is 14.8 Å². The van der Waals surface area contributed by atoms with Crippen LogP contribution in [0.25, 0.3) is 0 Å². The molecule has 1 amide bonds. The second kappa shape index (κ2) is 7.09. The van der Waals surface area contributed by atoms with E-state index in [-0.39, 0.29) is 0 Å². The van der Waals surface area contributed by atoms with E-state index < -0.39 is 23.7 Å². The van der Waals surface area contributed by atoms with Crippen molar-refractivity contribution < 1.29 is 23.5 Å². The van der Waals surface area contributed by atoms with Crippen LogP contribution in [0.3, 0.4) is 0 Å². The van der Waals surface area contributed by atoms with E-state index in [4.69, 9.17) is 4.42 Å². The third-order valence-corrected chi connectivity index (χ3v) is 3.50. The molecule has 0 aliphatic rings. The van der Waals surface area contributed by atoms with E-state index in [0.717, 1.165) is 6.42 Å². The quantitative estimate of drug-likeness (QED) is 0.856. The van der Waals surface area contributed by atoms with Crippen molar-refractivity contribution in [1.82, 2.24) is 5.32 Å². The van der Waals surface area contributed by atoms with Crippen molar-refractivity contribution in [2.75, 3.05) is 0 Å². The van der Waals surface area contributed by atoms with Gasteiger partial charge in [-0.05, 0) is 36.6 Å². The Morgan fingerprint density at radius 2 is 2.09 bits per heavy atom. The molecule has 1 unspecified atom stereocenters. The van der Waals surface area contributed by atoms with Gasteiger partial charge in [-0.1, -0.05) is 19.1 Å². The molecular formula is C17H18FNO4. The summed E-state index contributed by atoms with van der Waals surface area (Å²) < 4.78 is 18.6. The molecule has 2 N–H and O–H groups in total. The van der Waals surface area contributed by atoms with Gasteiger partial charge >= 0.3 is 5.97 Å². The van der Waals surface area contributed by atoms with E-state index >= 15 is 0 Å². The van der Waals surface area contributed by atoms with Crippen LogP contribution >= 0.6 is 0 Å². The molecule has 2 aromatic rings. The molecular weight excluding hydrogens is 301 g/mol. The molecule has 23 heavy (non-hydrogen) atoms. The molecule has 0 bridgehead atoms. The number of aliphatic carboxylic acids is 1. The molecule has 6 heteroatoms. The van der Waals surface area contributed by atoms with Gasteiger partial charge in [-0.15, -0.1) is 0 Å². The van der Waals surface area contributed by atoms with Gasteiger partial charge in [0.2, 0.25) is 0 Å². The molecule has 1 aromatic carbocycles. The van der Waals surface area contributed by atoms with Crippen molar-refractivity contribution in [3.63, 3.8) is 0 Å². The van der Waals surface area contributed by atoms with Gasteiger partial charge in [-0.3, -0.25) is 4.79 Å². The minimum atomic E-state index is -1.26. The Hall–Kier alpha value is -2.63. The Kier molecular flexibility index (Phi) is 5.16. The summed E-state index contributed by atoms with van der Waals surface area (Å²) in [5.41, 5.74) is 0.945. The largest absolute Gasteiger partial charge is 0.479 e. The third kappa shape index (κ3) is 3.77. The number of furan rings is 1. The van der Waals surface area contributed by atoms with Crippen LogP contribution in [-0.4, -0.2) is 17.0 Å². The number of hydrogen-bond donors (Lipinski definition) is 2. The highest BCUT2D eigenvalue weighted by molar-refractivity contribution is 5.97. The lowest BCUT2D eigenvalue weighted by molar-refractivity contribution is -0.139. The fraction of sp³-hybridized carbons (Fsp3) is 0.294. The highest BCUT2D eigenvalue weighted by Gasteiger charge is 2.25. The predicted octanol–water partition coefficient (Wildman–Crippen LogP) is 3.24. The topological polar surface area (TPSA) is 79.5 Å². The number of benzene rings is 1. The first-order chi connectivity index (χ1) is 10.9. The molecule has 0 saturated heterocycles. The second-order valence-electron chi connectivity index (χ2n) is 5.26. The normalized spacial score (nSPS) is 12.0. The van der Waals surface area contributed by atoms with Crippen LogP contribution in [0.5, 0.6) is 0 Å². The zero-order valence-electron chi connectivity index (χ0n) is 12.9. The first kappa shape index (κ1) is 16.7. The summed E-state index contributed by atoms with van der Waals surface area (Å²) in [6.45, 7) is 3.49. The van der Waals surface area contributed by atoms with Gasteiger partial charge in [-0.2, -0.15) is 0 Å². The van der Waals surface area contributed by atoms with Gasteiger partial charge in [0.15, 0.2) is 6.04 Å². The molecule has 1 heterocycles. The van der Waals surface area contributed by atoms with E-state index in [1.165, 1.54) is 37.5 Å². The number of amides is 1. The highest BCUT2D eigenvalue weighted by atomic mass is 19.1. The van der Waals surface area contributed by atoms with Crippen LogP contribution in [0.1, 0.15) is 46.6 Å². The van der Waals surface area contributed by atoms with Crippen LogP contribution in [-0.2, 0) is 11.2 Å². The second-order valence-corrected chi connectivity index (χ2v) is 5.26. The molecule has 0 spiro atoms. The smallest absolute Gasteiger partial charge is 0.330 e. The van der Waals surface area contributed by atoms with E-state index in [2.05, 4.69) is 5.32 Å². The molecule has 0 fully saturated rings. The summed E-state index contributed by atoms with van der Waals surface area (Å²) in [5.74, 6) is -1.66.